The van der Waals surface area contributed by atoms with E-state index in [-0.39, 0.29) is 0 Å². The number of hydrogen-bond donors (Lipinski definition) is 0. The average molecular weight is 329 g/mol. The van der Waals surface area contributed by atoms with Crippen molar-refractivity contribution in [2.45, 2.75) is 52.1 Å². The summed E-state index contributed by atoms with van der Waals surface area (Å²) >= 11 is 0. The fourth-order valence-electron chi connectivity index (χ4n) is 4.10. The van der Waals surface area contributed by atoms with E-state index in [1.165, 1.54) is 48.7 Å². The number of ether oxygens (including phenoxy) is 1. The fraction of sp³-hybridized carbons (Fsp3) is 0.619. The summed E-state index contributed by atoms with van der Waals surface area (Å²) in [6.45, 7) is 8.27. The van der Waals surface area contributed by atoms with Gasteiger partial charge in [-0.05, 0) is 62.2 Å². The molecule has 0 radical (unpaired) electrons. The number of rotatable bonds is 4. The van der Waals surface area contributed by atoms with Gasteiger partial charge in [0, 0.05) is 32.0 Å². The van der Waals surface area contributed by atoms with Crippen molar-refractivity contribution in [3.63, 3.8) is 0 Å². The number of hydrogen-bond acceptors (Lipinski definition) is 2. The largest absolute Gasteiger partial charge is 0.381 e. The van der Waals surface area contributed by atoms with Crippen molar-refractivity contribution in [3.05, 3.63) is 36.0 Å². The third kappa shape index (κ3) is 3.68. The molecule has 1 aromatic heterocycles. The molecule has 1 fully saturated rings. The third-order valence-electron chi connectivity index (χ3n) is 5.59. The monoisotopic (exact) mass is 328 g/mol. The van der Waals surface area contributed by atoms with Gasteiger partial charge in [-0.3, -0.25) is 0 Å². The lowest BCUT2D eigenvalue weighted by Gasteiger charge is -2.34. The van der Waals surface area contributed by atoms with Gasteiger partial charge in [-0.1, -0.05) is 32.0 Å². The first-order valence-electron chi connectivity index (χ1n) is 9.66. The first-order chi connectivity index (χ1) is 11.8. The molecule has 1 aromatic carbocycles. The van der Waals surface area contributed by atoms with Crippen LogP contribution >= 0.6 is 0 Å². The van der Waals surface area contributed by atoms with Crippen molar-refractivity contribution in [2.24, 2.45) is 5.92 Å². The Morgan fingerprint density at radius 2 is 1.96 bits per heavy atom. The van der Waals surface area contributed by atoms with E-state index >= 15 is 0 Å². The second-order valence-electron chi connectivity index (χ2n) is 7.01. The van der Waals surface area contributed by atoms with E-state index in [9.17, 15) is 0 Å². The van der Waals surface area contributed by atoms with E-state index in [1.54, 1.807) is 0 Å². The molecule has 0 N–H and O–H groups in total. The molecular weight excluding hydrogens is 296 g/mol. The fourth-order valence-corrected chi connectivity index (χ4v) is 4.10. The number of para-hydroxylation sites is 1. The van der Waals surface area contributed by atoms with Gasteiger partial charge in [0.25, 0.3) is 0 Å². The summed E-state index contributed by atoms with van der Waals surface area (Å²) < 4.78 is 7.92. The van der Waals surface area contributed by atoms with Crippen molar-refractivity contribution in [1.29, 1.82) is 0 Å². The SMILES string of the molecule is CC.CN(CCC1CCOCC1)C1Cc2cccc3ccn(c23)C1. The van der Waals surface area contributed by atoms with Crippen molar-refractivity contribution in [2.75, 3.05) is 26.8 Å². The summed E-state index contributed by atoms with van der Waals surface area (Å²) in [6.07, 6.45) is 7.26. The van der Waals surface area contributed by atoms with E-state index in [4.69, 9.17) is 4.74 Å². The quantitative estimate of drug-likeness (QED) is 0.830. The van der Waals surface area contributed by atoms with Crippen LogP contribution in [0, 0.1) is 5.92 Å². The zero-order chi connectivity index (χ0) is 16.9. The summed E-state index contributed by atoms with van der Waals surface area (Å²) in [4.78, 5) is 2.58. The highest BCUT2D eigenvalue weighted by molar-refractivity contribution is 5.84. The van der Waals surface area contributed by atoms with E-state index in [0.717, 1.165) is 25.7 Å². The zero-order valence-corrected chi connectivity index (χ0v) is 15.5. The van der Waals surface area contributed by atoms with Crippen LogP contribution in [0.3, 0.4) is 0 Å². The molecule has 0 bridgehead atoms. The molecule has 4 rings (SSSR count). The van der Waals surface area contributed by atoms with E-state index in [1.807, 2.05) is 13.8 Å². The van der Waals surface area contributed by atoms with Gasteiger partial charge < -0.3 is 14.2 Å². The molecule has 0 saturated carbocycles. The van der Waals surface area contributed by atoms with E-state index in [0.29, 0.717) is 6.04 Å². The number of aromatic nitrogens is 1. The second kappa shape index (κ2) is 8.17. The Balaban J connectivity index is 0.000000815. The highest BCUT2D eigenvalue weighted by atomic mass is 16.5. The molecule has 2 aliphatic rings. The smallest absolute Gasteiger partial charge is 0.0513 e. The Hall–Kier alpha value is -1.32. The van der Waals surface area contributed by atoms with E-state index in [2.05, 4.69) is 47.0 Å². The lowest BCUT2D eigenvalue weighted by atomic mass is 9.95. The van der Waals surface area contributed by atoms with E-state index < -0.39 is 0 Å². The number of nitrogens with zero attached hydrogens (tertiary/aromatic N) is 2. The van der Waals surface area contributed by atoms with Crippen molar-refractivity contribution >= 4 is 10.9 Å². The van der Waals surface area contributed by atoms with Gasteiger partial charge in [-0.15, -0.1) is 0 Å². The first kappa shape index (κ1) is 17.5. The Labute approximate surface area is 146 Å². The predicted molar refractivity (Wildman–Crippen MR) is 102 cm³/mol. The summed E-state index contributed by atoms with van der Waals surface area (Å²) in [7, 11) is 2.30. The van der Waals surface area contributed by atoms with Gasteiger partial charge in [0.2, 0.25) is 0 Å². The molecule has 0 aliphatic carbocycles. The molecule has 1 atom stereocenters. The van der Waals surface area contributed by atoms with Crippen LogP contribution in [0.2, 0.25) is 0 Å². The molecule has 0 spiro atoms. The van der Waals surface area contributed by atoms with Crippen LogP contribution in [0.4, 0.5) is 0 Å². The summed E-state index contributed by atoms with van der Waals surface area (Å²) in [5.41, 5.74) is 2.97. The van der Waals surface area contributed by atoms with Crippen LogP contribution in [0.5, 0.6) is 0 Å². The molecule has 3 heteroatoms. The summed E-state index contributed by atoms with van der Waals surface area (Å²) in [5.74, 6) is 0.866. The molecule has 0 amide bonds. The van der Waals surface area contributed by atoms with Crippen LogP contribution in [0.25, 0.3) is 10.9 Å². The second-order valence-corrected chi connectivity index (χ2v) is 7.01. The summed E-state index contributed by atoms with van der Waals surface area (Å²) in [5, 5.41) is 1.39. The number of benzene rings is 1. The summed E-state index contributed by atoms with van der Waals surface area (Å²) in [6, 6.07) is 9.61. The minimum absolute atomic E-state index is 0.630. The van der Waals surface area contributed by atoms with Crippen LogP contribution in [-0.4, -0.2) is 42.3 Å². The highest BCUT2D eigenvalue weighted by Crippen LogP contribution is 2.28. The maximum absolute atomic E-state index is 5.47. The van der Waals surface area contributed by atoms with Gasteiger partial charge in [-0.2, -0.15) is 0 Å². The molecular formula is C21H32N2O. The Bertz CT molecular complexity index is 642. The minimum Gasteiger partial charge on any atom is -0.381 e. The average Bonchev–Trinajstić information content (AvgIpc) is 3.07. The number of likely N-dealkylation sites (N-methyl/N-ethyl adjacent to an activating group) is 1. The topological polar surface area (TPSA) is 17.4 Å². The predicted octanol–water partition coefficient (Wildman–Crippen LogP) is 4.34. The van der Waals surface area contributed by atoms with Gasteiger partial charge in [0.05, 0.1) is 5.52 Å². The molecule has 1 saturated heterocycles. The van der Waals surface area contributed by atoms with Crippen molar-refractivity contribution in [1.82, 2.24) is 9.47 Å². The molecule has 3 nitrogen and oxygen atoms in total. The van der Waals surface area contributed by atoms with Crippen LogP contribution in [-0.2, 0) is 17.7 Å². The molecule has 132 valence electrons. The van der Waals surface area contributed by atoms with Gasteiger partial charge >= 0.3 is 0 Å². The van der Waals surface area contributed by atoms with Crippen molar-refractivity contribution in [3.8, 4) is 0 Å². The standard InChI is InChI=1S/C19H26N2O.C2H6/c1-20(9-5-15-7-11-22-12-8-15)18-13-17-4-2-3-16-6-10-21(14-18)19(16)17;1-2/h2-4,6,10,15,18H,5,7-9,11-14H2,1H3;1-2H3. The molecule has 24 heavy (non-hydrogen) atoms. The van der Waals surface area contributed by atoms with Crippen LogP contribution < -0.4 is 0 Å². The maximum atomic E-state index is 5.47. The Morgan fingerprint density at radius 1 is 1.17 bits per heavy atom. The normalized spacial score (nSPS) is 20.9. The van der Waals surface area contributed by atoms with Gasteiger partial charge in [-0.25, -0.2) is 0 Å². The Kier molecular flexibility index (Phi) is 5.96. The zero-order valence-electron chi connectivity index (χ0n) is 15.5. The Morgan fingerprint density at radius 3 is 2.75 bits per heavy atom. The lowest BCUT2D eigenvalue weighted by Crippen LogP contribution is -2.40. The van der Waals surface area contributed by atoms with Crippen LogP contribution in [0.1, 0.15) is 38.7 Å². The molecule has 3 heterocycles. The minimum atomic E-state index is 0.630. The maximum Gasteiger partial charge on any atom is 0.0513 e. The lowest BCUT2D eigenvalue weighted by molar-refractivity contribution is 0.0589. The van der Waals surface area contributed by atoms with Crippen LogP contribution in [0.15, 0.2) is 30.5 Å². The molecule has 2 aromatic rings. The highest BCUT2D eigenvalue weighted by Gasteiger charge is 2.24. The molecule has 2 aliphatic heterocycles. The first-order valence-corrected chi connectivity index (χ1v) is 9.66. The van der Waals surface area contributed by atoms with Crippen molar-refractivity contribution < 1.29 is 4.74 Å². The van der Waals surface area contributed by atoms with Gasteiger partial charge in [0.1, 0.15) is 0 Å². The molecule has 1 unspecified atom stereocenters. The van der Waals surface area contributed by atoms with Gasteiger partial charge in [0.15, 0.2) is 0 Å². The third-order valence-corrected chi connectivity index (χ3v) is 5.59.